The van der Waals surface area contributed by atoms with Crippen molar-refractivity contribution in [2.75, 3.05) is 0 Å². The van der Waals surface area contributed by atoms with Crippen molar-refractivity contribution in [1.29, 1.82) is 0 Å². The lowest BCUT2D eigenvalue weighted by atomic mass is 10.1. The number of benzene rings is 1. The summed E-state index contributed by atoms with van der Waals surface area (Å²) in [6.07, 6.45) is 2.44. The first kappa shape index (κ1) is 9.28. The Balaban J connectivity index is 2.93. The first-order chi connectivity index (χ1) is 6.74. The van der Waals surface area contributed by atoms with E-state index in [0.717, 1.165) is 17.5 Å². The molecular formula is C11H10ClNO. The molecule has 2 rings (SSSR count). The molecule has 1 aromatic carbocycles. The van der Waals surface area contributed by atoms with Crippen LogP contribution in [0, 0.1) is 0 Å². The largest absolute Gasteiger partial charge is 0.359 e. The van der Waals surface area contributed by atoms with Gasteiger partial charge >= 0.3 is 0 Å². The zero-order valence-corrected chi connectivity index (χ0v) is 8.56. The maximum absolute atomic E-state index is 11.6. The highest BCUT2D eigenvalue weighted by atomic mass is 35.5. The minimum absolute atomic E-state index is 0.101. The summed E-state index contributed by atoms with van der Waals surface area (Å²) in [4.78, 5) is 14.7. The SMILES string of the molecule is CCc1cccc2c(=O)c(Cl)c[nH]c12. The average Bonchev–Trinajstić information content (AvgIpc) is 2.23. The number of nitrogens with one attached hydrogen (secondary N) is 1. The second-order valence-corrected chi connectivity index (χ2v) is 3.57. The van der Waals surface area contributed by atoms with Crippen molar-refractivity contribution >= 4 is 22.5 Å². The standard InChI is InChI=1S/C11H10ClNO/c1-2-7-4-3-5-8-10(7)13-6-9(12)11(8)14/h3-6H,2H2,1H3,(H,13,14). The van der Waals surface area contributed by atoms with E-state index in [1.54, 1.807) is 12.3 Å². The fourth-order valence-corrected chi connectivity index (χ4v) is 1.74. The van der Waals surface area contributed by atoms with Crippen LogP contribution in [0.2, 0.25) is 5.02 Å². The van der Waals surface area contributed by atoms with Crippen molar-refractivity contribution < 1.29 is 0 Å². The van der Waals surface area contributed by atoms with Gasteiger partial charge in [0.25, 0.3) is 0 Å². The molecule has 72 valence electrons. The molecule has 1 aromatic heterocycles. The minimum Gasteiger partial charge on any atom is -0.359 e. The Morgan fingerprint density at radius 3 is 2.93 bits per heavy atom. The Morgan fingerprint density at radius 1 is 1.43 bits per heavy atom. The molecule has 0 saturated heterocycles. The van der Waals surface area contributed by atoms with Crippen molar-refractivity contribution in [3.8, 4) is 0 Å². The van der Waals surface area contributed by atoms with E-state index in [4.69, 9.17) is 11.6 Å². The number of aromatic amines is 1. The zero-order valence-electron chi connectivity index (χ0n) is 7.80. The minimum atomic E-state index is -0.101. The summed E-state index contributed by atoms with van der Waals surface area (Å²) in [5.74, 6) is 0. The van der Waals surface area contributed by atoms with Gasteiger partial charge < -0.3 is 4.98 Å². The molecule has 2 aromatic rings. The Labute approximate surface area is 86.5 Å². The van der Waals surface area contributed by atoms with Crippen molar-refractivity contribution in [2.45, 2.75) is 13.3 Å². The van der Waals surface area contributed by atoms with E-state index in [-0.39, 0.29) is 10.5 Å². The summed E-state index contributed by atoms with van der Waals surface area (Å²) < 4.78 is 0. The van der Waals surface area contributed by atoms with E-state index in [1.807, 2.05) is 12.1 Å². The molecule has 0 spiro atoms. The lowest BCUT2D eigenvalue weighted by Crippen LogP contribution is -2.04. The summed E-state index contributed by atoms with van der Waals surface area (Å²) in [7, 11) is 0. The van der Waals surface area contributed by atoms with Crippen molar-refractivity contribution in [1.82, 2.24) is 4.98 Å². The highest BCUT2D eigenvalue weighted by Crippen LogP contribution is 2.15. The van der Waals surface area contributed by atoms with Gasteiger partial charge in [-0.3, -0.25) is 4.79 Å². The highest BCUT2D eigenvalue weighted by molar-refractivity contribution is 6.31. The molecule has 0 bridgehead atoms. The molecule has 0 atom stereocenters. The van der Waals surface area contributed by atoms with Crippen molar-refractivity contribution in [3.05, 3.63) is 45.2 Å². The van der Waals surface area contributed by atoms with E-state index >= 15 is 0 Å². The van der Waals surface area contributed by atoms with E-state index in [0.29, 0.717) is 5.39 Å². The fraction of sp³-hybridized carbons (Fsp3) is 0.182. The van der Waals surface area contributed by atoms with Gasteiger partial charge in [-0.25, -0.2) is 0 Å². The highest BCUT2D eigenvalue weighted by Gasteiger charge is 2.04. The molecule has 0 fully saturated rings. The van der Waals surface area contributed by atoms with Gasteiger partial charge in [-0.05, 0) is 18.1 Å². The van der Waals surface area contributed by atoms with Crippen LogP contribution in [0.15, 0.2) is 29.2 Å². The van der Waals surface area contributed by atoms with Gasteiger partial charge in [-0.1, -0.05) is 30.7 Å². The first-order valence-electron chi connectivity index (χ1n) is 4.53. The molecule has 0 aliphatic heterocycles. The molecule has 14 heavy (non-hydrogen) atoms. The number of aromatic nitrogens is 1. The summed E-state index contributed by atoms with van der Waals surface area (Å²) in [5, 5.41) is 0.905. The van der Waals surface area contributed by atoms with E-state index < -0.39 is 0 Å². The van der Waals surface area contributed by atoms with Gasteiger partial charge in [0, 0.05) is 11.6 Å². The third kappa shape index (κ3) is 1.32. The second-order valence-electron chi connectivity index (χ2n) is 3.16. The lowest BCUT2D eigenvalue weighted by molar-refractivity contribution is 1.14. The van der Waals surface area contributed by atoms with Crippen LogP contribution in [0.25, 0.3) is 10.9 Å². The molecule has 1 heterocycles. The van der Waals surface area contributed by atoms with Crippen LogP contribution in [0.1, 0.15) is 12.5 Å². The number of hydrogen-bond acceptors (Lipinski definition) is 1. The van der Waals surface area contributed by atoms with Crippen LogP contribution in [0.3, 0.4) is 0 Å². The van der Waals surface area contributed by atoms with Gasteiger partial charge in [0.05, 0.1) is 5.52 Å². The molecule has 1 N–H and O–H groups in total. The summed E-state index contributed by atoms with van der Waals surface area (Å²) in [6, 6.07) is 5.68. The number of pyridine rings is 1. The van der Waals surface area contributed by atoms with Gasteiger partial charge in [-0.2, -0.15) is 0 Å². The van der Waals surface area contributed by atoms with Crippen LogP contribution >= 0.6 is 11.6 Å². The van der Waals surface area contributed by atoms with Crippen LogP contribution in [-0.4, -0.2) is 4.98 Å². The second kappa shape index (κ2) is 3.46. The molecule has 2 nitrogen and oxygen atoms in total. The number of halogens is 1. The van der Waals surface area contributed by atoms with E-state index in [9.17, 15) is 4.79 Å². The lowest BCUT2D eigenvalue weighted by Gasteiger charge is -2.03. The zero-order chi connectivity index (χ0) is 10.1. The van der Waals surface area contributed by atoms with E-state index in [2.05, 4.69) is 11.9 Å². The molecule has 0 aliphatic rings. The van der Waals surface area contributed by atoms with Crippen LogP contribution in [0.5, 0.6) is 0 Å². The van der Waals surface area contributed by atoms with Crippen LogP contribution < -0.4 is 5.43 Å². The molecule has 0 amide bonds. The van der Waals surface area contributed by atoms with Gasteiger partial charge in [0.2, 0.25) is 5.43 Å². The number of rotatable bonds is 1. The predicted molar refractivity (Wildman–Crippen MR) is 59.0 cm³/mol. The number of hydrogen-bond donors (Lipinski definition) is 1. The Bertz CT molecular complexity index is 530. The molecule has 3 heteroatoms. The molecule has 0 unspecified atom stereocenters. The van der Waals surface area contributed by atoms with E-state index in [1.165, 1.54) is 0 Å². The maximum Gasteiger partial charge on any atom is 0.207 e. The molecule has 0 radical (unpaired) electrons. The van der Waals surface area contributed by atoms with Crippen LogP contribution in [-0.2, 0) is 6.42 Å². The summed E-state index contributed by atoms with van der Waals surface area (Å²) >= 11 is 5.74. The quantitative estimate of drug-likeness (QED) is 0.767. The summed E-state index contributed by atoms with van der Waals surface area (Å²) in [5.41, 5.74) is 1.93. The molecular weight excluding hydrogens is 198 g/mol. The van der Waals surface area contributed by atoms with Gasteiger partial charge in [-0.15, -0.1) is 0 Å². The summed E-state index contributed by atoms with van der Waals surface area (Å²) in [6.45, 7) is 2.06. The first-order valence-corrected chi connectivity index (χ1v) is 4.90. The molecule has 0 aliphatic carbocycles. The topological polar surface area (TPSA) is 32.9 Å². The Hall–Kier alpha value is -1.28. The third-order valence-corrected chi connectivity index (χ3v) is 2.62. The van der Waals surface area contributed by atoms with Crippen molar-refractivity contribution in [3.63, 3.8) is 0 Å². The smallest absolute Gasteiger partial charge is 0.207 e. The van der Waals surface area contributed by atoms with Crippen molar-refractivity contribution in [2.24, 2.45) is 0 Å². The Morgan fingerprint density at radius 2 is 2.21 bits per heavy atom. The van der Waals surface area contributed by atoms with Gasteiger partial charge in [0.1, 0.15) is 5.02 Å². The average molecular weight is 208 g/mol. The number of aryl methyl sites for hydroxylation is 1. The maximum atomic E-state index is 11.6. The van der Waals surface area contributed by atoms with Gasteiger partial charge in [0.15, 0.2) is 0 Å². The van der Waals surface area contributed by atoms with Crippen LogP contribution in [0.4, 0.5) is 0 Å². The third-order valence-electron chi connectivity index (χ3n) is 2.34. The molecule has 0 saturated carbocycles. The number of para-hydroxylation sites is 1. The Kier molecular flexibility index (Phi) is 2.30. The normalized spacial score (nSPS) is 10.7. The monoisotopic (exact) mass is 207 g/mol. The number of H-pyrrole nitrogens is 1. The fourth-order valence-electron chi connectivity index (χ4n) is 1.58. The number of fused-ring (bicyclic) bond motifs is 1. The predicted octanol–water partition coefficient (Wildman–Crippen LogP) is 2.74.